The fourth-order valence-electron chi connectivity index (χ4n) is 0.836. The van der Waals surface area contributed by atoms with Gasteiger partial charge in [0.1, 0.15) is 6.61 Å². The first kappa shape index (κ1) is 15.0. The van der Waals surface area contributed by atoms with E-state index in [2.05, 4.69) is 19.7 Å². The quantitative estimate of drug-likeness (QED) is 0.470. The monoisotopic (exact) mass is 326 g/mol. The summed E-state index contributed by atoms with van der Waals surface area (Å²) < 4.78 is 22.7. The van der Waals surface area contributed by atoms with E-state index in [1.54, 1.807) is 6.07 Å². The van der Waals surface area contributed by atoms with Gasteiger partial charge in [-0.1, -0.05) is 0 Å². The Kier molecular flexibility index (Phi) is 10.5. The van der Waals surface area contributed by atoms with Gasteiger partial charge in [-0.05, 0) is 6.92 Å². The second-order valence-corrected chi connectivity index (χ2v) is 2.42. The molecular weight excluding hydrogens is 316 g/mol. The molecule has 0 unspecified atom stereocenters. The molecule has 0 bridgehead atoms. The van der Waals surface area contributed by atoms with Crippen LogP contribution in [0.4, 0.5) is 4.39 Å². The molecule has 0 atom stereocenters. The second kappa shape index (κ2) is 10.5. The Labute approximate surface area is 106 Å². The molecule has 1 aromatic carbocycles. The molecule has 0 spiro atoms. The van der Waals surface area contributed by atoms with Crippen LogP contribution in [0.25, 0.3) is 0 Å². The molecule has 15 heavy (non-hydrogen) atoms. The average molecular weight is 328 g/mol. The normalized spacial score (nSPS) is 9.13. The van der Waals surface area contributed by atoms with Crippen LogP contribution in [0.1, 0.15) is 6.92 Å². The first-order valence-corrected chi connectivity index (χ1v) is 11.4. The zero-order valence-electron chi connectivity index (χ0n) is 8.63. The summed E-state index contributed by atoms with van der Waals surface area (Å²) in [5.74, 6) is 0.235. The van der Waals surface area contributed by atoms with Gasteiger partial charge in [-0.15, -0.1) is 24.3 Å². The van der Waals surface area contributed by atoms with Gasteiger partial charge < -0.3 is 9.47 Å². The molecule has 0 radical (unpaired) electrons. The van der Waals surface area contributed by atoms with E-state index in [1.165, 1.54) is 28.5 Å². The number of halogens is 2. The van der Waals surface area contributed by atoms with E-state index in [0.29, 0.717) is 25.6 Å². The van der Waals surface area contributed by atoms with Crippen molar-refractivity contribution in [1.29, 1.82) is 0 Å². The molecule has 2 nitrogen and oxygen atoms in total. The van der Waals surface area contributed by atoms with E-state index in [1.807, 2.05) is 6.92 Å². The average Bonchev–Trinajstić information content (AvgIpc) is 2.30. The number of ether oxygens (including phenoxy) is 2. The molecule has 0 saturated heterocycles. The predicted molar refractivity (Wildman–Crippen MR) is 56.2 cm³/mol. The van der Waals surface area contributed by atoms with Crippen molar-refractivity contribution in [1.82, 2.24) is 0 Å². The Balaban J connectivity index is 0.000000921. The summed E-state index contributed by atoms with van der Waals surface area (Å²) in [6, 6.07) is 6.79. The fraction of sp³-hybridized carbons (Fsp3) is 0.400. The molecule has 0 aliphatic heterocycles. The van der Waals surface area contributed by atoms with Crippen LogP contribution in [0, 0.1) is 11.9 Å². The van der Waals surface area contributed by atoms with Crippen molar-refractivity contribution in [3.8, 4) is 5.75 Å². The molecule has 0 aromatic heterocycles. The number of hydrogen-bond acceptors (Lipinski definition) is 2. The standard InChI is InChI=1S/C10H12FO2.BrH.Zn/c1-2-12-7-8-13-10-5-3-9(11)4-6-10;;/h3-5H,2,7-8H2,1H3;1H;/q-1;;+2/p-1. The van der Waals surface area contributed by atoms with Crippen LogP contribution in [0.3, 0.4) is 0 Å². The van der Waals surface area contributed by atoms with Crippen molar-refractivity contribution in [2.75, 3.05) is 19.8 Å². The topological polar surface area (TPSA) is 18.5 Å². The predicted octanol–water partition coefficient (Wildman–Crippen LogP) is 2.88. The van der Waals surface area contributed by atoms with Crippen molar-refractivity contribution in [3.63, 3.8) is 0 Å². The third kappa shape index (κ3) is 7.89. The van der Waals surface area contributed by atoms with Gasteiger partial charge in [0.25, 0.3) is 0 Å². The Morgan fingerprint density at radius 2 is 2.13 bits per heavy atom. The third-order valence-corrected chi connectivity index (χ3v) is 1.44. The molecular formula is C10H12BrFO2Zn. The minimum absolute atomic E-state index is 0.308. The summed E-state index contributed by atoms with van der Waals surface area (Å²) in [6.45, 7) is 3.61. The van der Waals surface area contributed by atoms with E-state index >= 15 is 0 Å². The van der Waals surface area contributed by atoms with Crippen LogP contribution >= 0.6 is 13.6 Å². The van der Waals surface area contributed by atoms with E-state index in [4.69, 9.17) is 9.47 Å². The van der Waals surface area contributed by atoms with Crippen molar-refractivity contribution in [2.24, 2.45) is 0 Å². The van der Waals surface area contributed by atoms with Gasteiger partial charge in [-0.2, -0.15) is 0 Å². The zero-order valence-corrected chi connectivity index (χ0v) is 13.2. The molecule has 1 aromatic rings. The molecule has 0 saturated carbocycles. The van der Waals surface area contributed by atoms with Crippen LogP contribution in [-0.4, -0.2) is 19.8 Å². The summed E-state index contributed by atoms with van der Waals surface area (Å²) in [5, 5.41) is 0. The molecule has 80 valence electrons. The maximum absolute atomic E-state index is 12.4. The van der Waals surface area contributed by atoms with Crippen LogP contribution in [0.15, 0.2) is 18.2 Å². The summed E-state index contributed by atoms with van der Waals surface area (Å²) in [4.78, 5) is 0. The van der Waals surface area contributed by atoms with Gasteiger partial charge >= 0.3 is 30.0 Å². The summed E-state index contributed by atoms with van der Waals surface area (Å²) in [7, 11) is 0. The van der Waals surface area contributed by atoms with Gasteiger partial charge in [0.2, 0.25) is 0 Å². The van der Waals surface area contributed by atoms with Crippen molar-refractivity contribution < 1.29 is 30.2 Å². The van der Waals surface area contributed by atoms with Crippen LogP contribution < -0.4 is 4.74 Å². The molecule has 0 heterocycles. The van der Waals surface area contributed by atoms with Crippen LogP contribution in [0.5, 0.6) is 5.75 Å². The van der Waals surface area contributed by atoms with Crippen molar-refractivity contribution in [3.05, 3.63) is 30.1 Å². The van der Waals surface area contributed by atoms with Gasteiger partial charge in [-0.3, -0.25) is 4.39 Å². The minimum atomic E-state index is -0.308. The van der Waals surface area contributed by atoms with Crippen molar-refractivity contribution in [2.45, 2.75) is 6.92 Å². The summed E-state index contributed by atoms with van der Waals surface area (Å²) >= 11 is 4.25. The first-order chi connectivity index (χ1) is 7.33. The second-order valence-electron chi connectivity index (χ2n) is 2.42. The third-order valence-electron chi connectivity index (χ3n) is 1.44. The molecule has 0 N–H and O–H groups in total. The Hall–Kier alpha value is 0.0134. The first-order valence-electron chi connectivity index (χ1n) is 4.47. The molecule has 0 amide bonds. The molecule has 0 aliphatic carbocycles. The van der Waals surface area contributed by atoms with Crippen LogP contribution in [0.2, 0.25) is 0 Å². The van der Waals surface area contributed by atoms with E-state index in [-0.39, 0.29) is 5.82 Å². The Bertz CT molecular complexity index is 244. The van der Waals surface area contributed by atoms with E-state index < -0.39 is 0 Å². The number of hydrogen-bond donors (Lipinski definition) is 0. The van der Waals surface area contributed by atoms with Crippen molar-refractivity contribution >= 4 is 13.6 Å². The SMILES string of the molecule is CCOCCOc1[c-]cc(F)cc1.[Zn+][Br]. The summed E-state index contributed by atoms with van der Waals surface area (Å²) in [6.07, 6.45) is 0. The fourth-order valence-corrected chi connectivity index (χ4v) is 0.836. The molecule has 0 fully saturated rings. The van der Waals surface area contributed by atoms with Gasteiger partial charge in [0.15, 0.2) is 0 Å². The Morgan fingerprint density at radius 3 is 2.67 bits per heavy atom. The van der Waals surface area contributed by atoms with Gasteiger partial charge in [0.05, 0.1) is 6.61 Å². The molecule has 5 heteroatoms. The summed E-state index contributed by atoms with van der Waals surface area (Å²) in [5.41, 5.74) is 0. The molecule has 0 aliphatic rings. The number of rotatable bonds is 5. The maximum atomic E-state index is 12.4. The zero-order chi connectivity index (χ0) is 11.5. The van der Waals surface area contributed by atoms with Crippen LogP contribution in [-0.2, 0) is 21.1 Å². The van der Waals surface area contributed by atoms with E-state index in [9.17, 15) is 4.39 Å². The van der Waals surface area contributed by atoms with E-state index in [0.717, 1.165) is 0 Å². The van der Waals surface area contributed by atoms with Gasteiger partial charge in [0, 0.05) is 18.2 Å². The molecule has 1 rings (SSSR count). The Morgan fingerprint density at radius 1 is 1.40 bits per heavy atom. The number of benzene rings is 1. The van der Waals surface area contributed by atoms with Gasteiger partial charge in [-0.25, -0.2) is 0 Å².